The number of nitrogens with one attached hydrogen (secondary N) is 1. The lowest BCUT2D eigenvalue weighted by molar-refractivity contribution is -0.139. The molecule has 0 saturated carbocycles. The number of aliphatic hydroxyl groups is 1. The van der Waals surface area contributed by atoms with Gasteiger partial charge in [-0.15, -0.1) is 0 Å². The van der Waals surface area contributed by atoms with Gasteiger partial charge in [-0.05, 0) is 55.3 Å². The van der Waals surface area contributed by atoms with Crippen molar-refractivity contribution in [3.63, 3.8) is 0 Å². The molecule has 0 amide bonds. The van der Waals surface area contributed by atoms with Crippen molar-refractivity contribution in [2.45, 2.75) is 25.5 Å². The van der Waals surface area contributed by atoms with Crippen molar-refractivity contribution in [2.24, 2.45) is 0 Å². The van der Waals surface area contributed by atoms with Crippen LogP contribution in [0.25, 0.3) is 0 Å². The Morgan fingerprint density at radius 3 is 2.31 bits per heavy atom. The summed E-state index contributed by atoms with van der Waals surface area (Å²) in [5, 5.41) is 31.4. The first kappa shape index (κ1) is 21.4. The van der Waals surface area contributed by atoms with Crippen LogP contribution < -0.4 is 10.1 Å². The number of hydrogen-bond donors (Lipinski definition) is 4. The van der Waals surface area contributed by atoms with E-state index in [0.717, 1.165) is 17.5 Å². The minimum absolute atomic E-state index is 0. The lowest BCUT2D eigenvalue weighted by Gasteiger charge is -2.20. The number of carboxylic acid groups (broad SMARTS) is 1. The topological polar surface area (TPSA) is 131 Å². The minimum atomic E-state index is -1.01. The van der Waals surface area contributed by atoms with Crippen molar-refractivity contribution in [1.82, 2.24) is 5.32 Å². The average Bonchev–Trinajstić information content (AvgIpc) is 2.61. The van der Waals surface area contributed by atoms with Crippen molar-refractivity contribution in [1.29, 1.82) is 0 Å². The Morgan fingerprint density at radius 2 is 1.73 bits per heavy atom. The van der Waals surface area contributed by atoms with Gasteiger partial charge in [0, 0.05) is 6.04 Å². The van der Waals surface area contributed by atoms with E-state index in [2.05, 4.69) is 5.32 Å². The Balaban J connectivity index is 0.00000338. The van der Waals surface area contributed by atoms with E-state index in [9.17, 15) is 15.0 Å². The number of ether oxygens (including phenoxy) is 1. The van der Waals surface area contributed by atoms with Gasteiger partial charge in [-0.1, -0.05) is 24.3 Å². The molecule has 0 aromatic heterocycles. The molecule has 0 unspecified atom stereocenters. The Kier molecular flexibility index (Phi) is 8.57. The van der Waals surface area contributed by atoms with Crippen molar-refractivity contribution in [2.75, 3.05) is 13.2 Å². The number of aliphatic hydroxyl groups excluding tert-OH is 1. The molecule has 2 aromatic rings. The van der Waals surface area contributed by atoms with E-state index in [4.69, 9.17) is 9.84 Å². The number of aliphatic carboxylic acids is 1. The molecule has 2 atom stereocenters. The third-order valence-electron chi connectivity index (χ3n) is 3.87. The van der Waals surface area contributed by atoms with E-state index < -0.39 is 12.1 Å². The van der Waals surface area contributed by atoms with Gasteiger partial charge < -0.3 is 30.8 Å². The number of carboxylic acids is 1. The Bertz CT molecular complexity index is 671. The number of carbonyl (C=O) groups is 1. The predicted octanol–water partition coefficient (Wildman–Crippen LogP) is 1.29. The fourth-order valence-corrected chi connectivity index (χ4v) is 2.41. The van der Waals surface area contributed by atoms with Crippen LogP contribution in [-0.2, 0) is 11.2 Å². The second-order valence-electron chi connectivity index (χ2n) is 5.86. The zero-order valence-corrected chi connectivity index (χ0v) is 14.6. The smallest absolute Gasteiger partial charge is 0.341 e. The second-order valence-corrected chi connectivity index (χ2v) is 5.86. The lowest BCUT2D eigenvalue weighted by atomic mass is 10.0. The molecule has 26 heavy (non-hydrogen) atoms. The van der Waals surface area contributed by atoms with Crippen LogP contribution in [0.4, 0.5) is 0 Å². The van der Waals surface area contributed by atoms with Crippen LogP contribution in [0.3, 0.4) is 0 Å². The summed E-state index contributed by atoms with van der Waals surface area (Å²) in [5.41, 5.74) is 1.83. The molecule has 0 aliphatic rings. The molecule has 0 spiro atoms. The summed E-state index contributed by atoms with van der Waals surface area (Å²) in [5.74, 6) is -0.308. The monoisotopic (exact) mass is 363 g/mol. The third-order valence-corrected chi connectivity index (χ3v) is 3.87. The normalized spacial score (nSPS) is 12.7. The highest BCUT2D eigenvalue weighted by Crippen LogP contribution is 2.19. The van der Waals surface area contributed by atoms with Crippen LogP contribution >= 0.6 is 0 Å². The molecular weight excluding hydrogens is 338 g/mol. The molecule has 7 heteroatoms. The van der Waals surface area contributed by atoms with E-state index in [1.54, 1.807) is 36.4 Å². The number of phenolic OH excluding ortho intramolecular Hbond substituents is 1. The van der Waals surface area contributed by atoms with Gasteiger partial charge >= 0.3 is 5.97 Å². The van der Waals surface area contributed by atoms with Crippen molar-refractivity contribution in [3.05, 3.63) is 59.7 Å². The molecule has 0 aliphatic heterocycles. The fourth-order valence-electron chi connectivity index (χ4n) is 2.41. The average molecular weight is 363 g/mol. The van der Waals surface area contributed by atoms with Crippen LogP contribution in [0.1, 0.15) is 24.2 Å². The Labute approximate surface area is 152 Å². The van der Waals surface area contributed by atoms with E-state index in [0.29, 0.717) is 12.3 Å². The predicted molar refractivity (Wildman–Crippen MR) is 97.4 cm³/mol. The molecule has 0 radical (unpaired) electrons. The van der Waals surface area contributed by atoms with Gasteiger partial charge in [0.15, 0.2) is 6.61 Å². The Morgan fingerprint density at radius 1 is 1.12 bits per heavy atom. The van der Waals surface area contributed by atoms with Crippen LogP contribution in [-0.4, -0.2) is 46.0 Å². The Hall–Kier alpha value is -2.61. The first-order valence-corrected chi connectivity index (χ1v) is 8.09. The highest BCUT2D eigenvalue weighted by atomic mass is 16.5. The molecule has 142 valence electrons. The second kappa shape index (κ2) is 10.4. The molecular formula is C19H25NO6. The SMILES string of the molecule is C[C@H](NCCc1ccc(OCC(=O)O)cc1)[C@H](O)c1ccc(O)cc1.O. The van der Waals surface area contributed by atoms with E-state index in [1.807, 2.05) is 19.1 Å². The van der Waals surface area contributed by atoms with Gasteiger partial charge in [0.05, 0.1) is 6.10 Å². The fraction of sp³-hybridized carbons (Fsp3) is 0.316. The van der Waals surface area contributed by atoms with Gasteiger partial charge in [0.25, 0.3) is 0 Å². The zero-order chi connectivity index (χ0) is 18.2. The van der Waals surface area contributed by atoms with Gasteiger partial charge in [0.2, 0.25) is 0 Å². The van der Waals surface area contributed by atoms with Crippen molar-refractivity contribution in [3.8, 4) is 11.5 Å². The van der Waals surface area contributed by atoms with Gasteiger partial charge in [-0.25, -0.2) is 4.79 Å². The number of rotatable bonds is 9. The highest BCUT2D eigenvalue weighted by molar-refractivity contribution is 5.68. The summed E-state index contributed by atoms with van der Waals surface area (Å²) in [4.78, 5) is 10.5. The van der Waals surface area contributed by atoms with Crippen LogP contribution in [0.2, 0.25) is 0 Å². The van der Waals surface area contributed by atoms with Crippen molar-refractivity contribution >= 4 is 5.97 Å². The molecule has 0 fully saturated rings. The number of benzene rings is 2. The summed E-state index contributed by atoms with van der Waals surface area (Å²) in [6.07, 6.45) is 0.110. The zero-order valence-electron chi connectivity index (χ0n) is 14.6. The standard InChI is InChI=1S/C19H23NO5.H2O/c1-13(19(24)15-4-6-16(21)7-5-15)20-11-10-14-2-8-17(9-3-14)25-12-18(22)23;/h2-9,13,19-21,24H,10-12H2,1H3,(H,22,23);1H2/t13-,19-;/m0./s1. The maximum Gasteiger partial charge on any atom is 0.341 e. The molecule has 0 heterocycles. The molecule has 2 aromatic carbocycles. The summed E-state index contributed by atoms with van der Waals surface area (Å²) >= 11 is 0. The van der Waals surface area contributed by atoms with E-state index in [1.165, 1.54) is 0 Å². The highest BCUT2D eigenvalue weighted by Gasteiger charge is 2.15. The first-order chi connectivity index (χ1) is 12.0. The van der Waals surface area contributed by atoms with E-state index >= 15 is 0 Å². The van der Waals surface area contributed by atoms with Gasteiger partial charge in [-0.2, -0.15) is 0 Å². The number of phenols is 1. The van der Waals surface area contributed by atoms with E-state index in [-0.39, 0.29) is 23.9 Å². The maximum absolute atomic E-state index is 10.5. The number of hydrogen-bond acceptors (Lipinski definition) is 5. The van der Waals surface area contributed by atoms with Crippen molar-refractivity contribution < 1.29 is 30.3 Å². The lowest BCUT2D eigenvalue weighted by Crippen LogP contribution is -2.33. The minimum Gasteiger partial charge on any atom is -0.508 e. The van der Waals surface area contributed by atoms with Crippen LogP contribution in [0.15, 0.2) is 48.5 Å². The van der Waals surface area contributed by atoms with Crippen LogP contribution in [0, 0.1) is 0 Å². The molecule has 2 rings (SSSR count). The summed E-state index contributed by atoms with van der Waals surface area (Å²) in [7, 11) is 0. The number of aromatic hydroxyl groups is 1. The molecule has 0 saturated heterocycles. The largest absolute Gasteiger partial charge is 0.508 e. The molecule has 0 aliphatic carbocycles. The maximum atomic E-state index is 10.5. The third kappa shape index (κ3) is 6.72. The first-order valence-electron chi connectivity index (χ1n) is 8.09. The summed E-state index contributed by atoms with van der Waals surface area (Å²) in [6.45, 7) is 2.24. The van der Waals surface area contributed by atoms with Crippen LogP contribution in [0.5, 0.6) is 11.5 Å². The quantitative estimate of drug-likeness (QED) is 0.531. The summed E-state index contributed by atoms with van der Waals surface area (Å²) < 4.78 is 5.09. The van der Waals surface area contributed by atoms with Gasteiger partial charge in [0.1, 0.15) is 11.5 Å². The molecule has 7 nitrogen and oxygen atoms in total. The summed E-state index contributed by atoms with van der Waals surface area (Å²) in [6, 6.07) is 13.6. The van der Waals surface area contributed by atoms with Gasteiger partial charge in [-0.3, -0.25) is 0 Å². The molecule has 0 bridgehead atoms. The molecule has 6 N–H and O–H groups in total.